The highest BCUT2D eigenvalue weighted by Gasteiger charge is 2.14. The number of esters is 1. The van der Waals surface area contributed by atoms with Crippen LogP contribution >= 0.6 is 0 Å². The molecular weight excluding hydrogens is 496 g/mol. The molecule has 1 N–H and O–H groups in total. The van der Waals surface area contributed by atoms with Gasteiger partial charge in [-0.1, -0.05) is 162 Å². The van der Waals surface area contributed by atoms with E-state index in [2.05, 4.69) is 13.8 Å². The summed E-state index contributed by atoms with van der Waals surface area (Å²) in [6.45, 7) is 4.54. The van der Waals surface area contributed by atoms with Crippen molar-refractivity contribution in [1.82, 2.24) is 0 Å². The number of hydrogen-bond donors (Lipinski definition) is 1. The lowest BCUT2D eigenvalue weighted by atomic mass is 10.0. The molecule has 0 heterocycles. The predicted molar refractivity (Wildman–Crippen MR) is 172 cm³/mol. The second-order valence-electron chi connectivity index (χ2n) is 12.4. The highest BCUT2D eigenvalue weighted by Crippen LogP contribution is 2.19. The zero-order valence-electron chi connectivity index (χ0n) is 27.2. The molecule has 0 saturated heterocycles. The first-order chi connectivity index (χ1) is 19.6. The third-order valence-electron chi connectivity index (χ3n) is 8.33. The zero-order valence-corrected chi connectivity index (χ0v) is 27.2. The molecule has 238 valence electrons. The van der Waals surface area contributed by atoms with Crippen LogP contribution < -0.4 is 0 Å². The molecule has 0 fully saturated rings. The molecule has 0 aliphatic carbocycles. The minimum atomic E-state index is -0.721. The standard InChI is InChI=1S/C36H70O4/c1-3-5-7-9-11-13-15-16-18-20-22-24-29-33-36(39)40-34(31-27-25-28-32-35(37)38)30-26-23-21-19-17-14-12-10-8-6-4-2/h34H,3-33H2,1-2H3,(H,37,38). The van der Waals surface area contributed by atoms with Gasteiger partial charge in [-0.25, -0.2) is 0 Å². The Kier molecular flexibility index (Phi) is 31.6. The largest absolute Gasteiger partial charge is 0.481 e. The molecule has 4 nitrogen and oxygen atoms in total. The number of hydrogen-bond acceptors (Lipinski definition) is 3. The highest BCUT2D eigenvalue weighted by molar-refractivity contribution is 5.69. The van der Waals surface area contributed by atoms with Gasteiger partial charge in [0.05, 0.1) is 0 Å². The molecule has 1 unspecified atom stereocenters. The summed E-state index contributed by atoms with van der Waals surface area (Å²) in [6.07, 6.45) is 36.8. The molecule has 0 aromatic rings. The van der Waals surface area contributed by atoms with Crippen molar-refractivity contribution in [3.63, 3.8) is 0 Å². The van der Waals surface area contributed by atoms with E-state index in [4.69, 9.17) is 9.84 Å². The van der Waals surface area contributed by atoms with Crippen molar-refractivity contribution in [2.24, 2.45) is 0 Å². The number of carbonyl (C=O) groups is 2. The van der Waals surface area contributed by atoms with Crippen molar-refractivity contribution in [1.29, 1.82) is 0 Å². The summed E-state index contributed by atoms with van der Waals surface area (Å²) < 4.78 is 5.92. The summed E-state index contributed by atoms with van der Waals surface area (Å²) in [7, 11) is 0. The fraction of sp³-hybridized carbons (Fsp3) is 0.944. The molecule has 0 aliphatic rings. The Morgan fingerprint density at radius 2 is 0.750 bits per heavy atom. The van der Waals surface area contributed by atoms with Crippen LogP contribution in [0.5, 0.6) is 0 Å². The maximum Gasteiger partial charge on any atom is 0.306 e. The number of carbonyl (C=O) groups excluding carboxylic acids is 1. The van der Waals surface area contributed by atoms with Gasteiger partial charge in [0.25, 0.3) is 0 Å². The van der Waals surface area contributed by atoms with Crippen LogP contribution in [0, 0.1) is 0 Å². The maximum absolute atomic E-state index is 12.5. The second kappa shape index (κ2) is 32.5. The summed E-state index contributed by atoms with van der Waals surface area (Å²) in [5.74, 6) is -0.747. The molecule has 0 rings (SSSR count). The van der Waals surface area contributed by atoms with E-state index in [1.54, 1.807) is 0 Å². The molecule has 0 aromatic heterocycles. The van der Waals surface area contributed by atoms with Gasteiger partial charge in [0.2, 0.25) is 0 Å². The zero-order chi connectivity index (χ0) is 29.4. The van der Waals surface area contributed by atoms with E-state index in [1.807, 2.05) is 0 Å². The number of rotatable bonds is 33. The Morgan fingerprint density at radius 3 is 1.12 bits per heavy atom. The fourth-order valence-electron chi connectivity index (χ4n) is 5.66. The molecule has 0 amide bonds. The number of unbranched alkanes of at least 4 members (excludes halogenated alkanes) is 24. The van der Waals surface area contributed by atoms with Gasteiger partial charge in [0.15, 0.2) is 0 Å². The molecule has 0 radical (unpaired) electrons. The van der Waals surface area contributed by atoms with Crippen LogP contribution in [-0.2, 0) is 14.3 Å². The van der Waals surface area contributed by atoms with E-state index in [0.29, 0.717) is 12.8 Å². The molecule has 0 saturated carbocycles. The van der Waals surface area contributed by atoms with Crippen LogP contribution in [0.15, 0.2) is 0 Å². The van der Waals surface area contributed by atoms with Crippen molar-refractivity contribution < 1.29 is 19.4 Å². The third kappa shape index (κ3) is 31.5. The van der Waals surface area contributed by atoms with E-state index in [1.165, 1.54) is 135 Å². The normalized spacial score (nSPS) is 12.1. The summed E-state index contributed by atoms with van der Waals surface area (Å²) in [6, 6.07) is 0. The van der Waals surface area contributed by atoms with Crippen molar-refractivity contribution in [2.75, 3.05) is 0 Å². The van der Waals surface area contributed by atoms with Crippen LogP contribution in [0.3, 0.4) is 0 Å². The molecule has 1 atom stereocenters. The molecule has 0 spiro atoms. The van der Waals surface area contributed by atoms with E-state index < -0.39 is 5.97 Å². The van der Waals surface area contributed by atoms with Gasteiger partial charge in [0, 0.05) is 12.8 Å². The molecular formula is C36H70O4. The maximum atomic E-state index is 12.5. The van der Waals surface area contributed by atoms with Crippen LogP contribution in [0.2, 0.25) is 0 Å². The van der Waals surface area contributed by atoms with Crippen molar-refractivity contribution in [2.45, 2.75) is 219 Å². The first kappa shape index (κ1) is 38.9. The average Bonchev–Trinajstić information content (AvgIpc) is 2.93. The lowest BCUT2D eigenvalue weighted by Gasteiger charge is -2.18. The molecule has 40 heavy (non-hydrogen) atoms. The first-order valence-corrected chi connectivity index (χ1v) is 18.0. The lowest BCUT2D eigenvalue weighted by Crippen LogP contribution is -2.18. The number of carboxylic acid groups (broad SMARTS) is 1. The van der Waals surface area contributed by atoms with E-state index in [-0.39, 0.29) is 18.5 Å². The molecule has 0 aromatic carbocycles. The van der Waals surface area contributed by atoms with E-state index in [9.17, 15) is 9.59 Å². The summed E-state index contributed by atoms with van der Waals surface area (Å²) >= 11 is 0. The first-order valence-electron chi connectivity index (χ1n) is 18.0. The van der Waals surface area contributed by atoms with Gasteiger partial charge in [0.1, 0.15) is 6.10 Å². The van der Waals surface area contributed by atoms with Crippen LogP contribution in [-0.4, -0.2) is 23.1 Å². The topological polar surface area (TPSA) is 63.6 Å². The van der Waals surface area contributed by atoms with Crippen LogP contribution in [0.4, 0.5) is 0 Å². The summed E-state index contributed by atoms with van der Waals surface area (Å²) in [4.78, 5) is 23.3. The van der Waals surface area contributed by atoms with E-state index in [0.717, 1.165) is 44.9 Å². The fourth-order valence-corrected chi connectivity index (χ4v) is 5.66. The quantitative estimate of drug-likeness (QED) is 0.0633. The smallest absolute Gasteiger partial charge is 0.306 e. The summed E-state index contributed by atoms with van der Waals surface area (Å²) in [5, 5.41) is 8.86. The Morgan fingerprint density at radius 1 is 0.450 bits per heavy atom. The molecule has 4 heteroatoms. The number of carboxylic acids is 1. The van der Waals surface area contributed by atoms with Crippen molar-refractivity contribution >= 4 is 11.9 Å². The third-order valence-corrected chi connectivity index (χ3v) is 8.33. The van der Waals surface area contributed by atoms with Crippen molar-refractivity contribution in [3.05, 3.63) is 0 Å². The number of ether oxygens (including phenoxy) is 1. The number of aliphatic carboxylic acids is 1. The van der Waals surface area contributed by atoms with Gasteiger partial charge >= 0.3 is 11.9 Å². The Bertz CT molecular complexity index is 533. The summed E-state index contributed by atoms with van der Waals surface area (Å²) in [5.41, 5.74) is 0. The van der Waals surface area contributed by atoms with Gasteiger partial charge in [-0.05, 0) is 38.5 Å². The monoisotopic (exact) mass is 567 g/mol. The van der Waals surface area contributed by atoms with Crippen LogP contribution in [0.25, 0.3) is 0 Å². The second-order valence-corrected chi connectivity index (χ2v) is 12.4. The predicted octanol–water partition coefficient (Wildman–Crippen LogP) is 12.1. The minimum Gasteiger partial charge on any atom is -0.481 e. The van der Waals surface area contributed by atoms with Gasteiger partial charge in [-0.15, -0.1) is 0 Å². The lowest BCUT2D eigenvalue weighted by molar-refractivity contribution is -0.150. The SMILES string of the molecule is CCCCCCCCCCCCCCCC(=O)OC(CCCCCCCCCCCCC)CCCCCC(=O)O. The van der Waals surface area contributed by atoms with Gasteiger partial charge < -0.3 is 9.84 Å². The Balaban J connectivity index is 3.92. The Labute approximate surface area is 250 Å². The van der Waals surface area contributed by atoms with E-state index >= 15 is 0 Å². The minimum absolute atomic E-state index is 0.0119. The highest BCUT2D eigenvalue weighted by atomic mass is 16.5. The van der Waals surface area contributed by atoms with Crippen LogP contribution in [0.1, 0.15) is 213 Å². The Hall–Kier alpha value is -1.06. The molecule has 0 aliphatic heterocycles. The van der Waals surface area contributed by atoms with Crippen molar-refractivity contribution in [3.8, 4) is 0 Å². The van der Waals surface area contributed by atoms with Gasteiger partial charge in [-0.2, -0.15) is 0 Å². The average molecular weight is 567 g/mol. The van der Waals surface area contributed by atoms with Gasteiger partial charge in [-0.3, -0.25) is 9.59 Å². The molecule has 0 bridgehead atoms.